The summed E-state index contributed by atoms with van der Waals surface area (Å²) < 4.78 is 32.0. The van der Waals surface area contributed by atoms with Crippen molar-refractivity contribution in [3.63, 3.8) is 0 Å². The Morgan fingerprint density at radius 1 is 1.30 bits per heavy atom. The lowest BCUT2D eigenvalue weighted by Crippen LogP contribution is -2.25. The number of benzene rings is 1. The van der Waals surface area contributed by atoms with E-state index in [1.54, 1.807) is 18.2 Å². The molecule has 4 nitrogen and oxygen atoms in total. The third kappa shape index (κ3) is 4.08. The normalized spacial score (nSPS) is 15.8. The summed E-state index contributed by atoms with van der Waals surface area (Å²) in [7, 11) is -1.93. The fourth-order valence-corrected chi connectivity index (χ4v) is 3.40. The van der Waals surface area contributed by atoms with Crippen LogP contribution in [-0.2, 0) is 10.0 Å². The molecule has 1 N–H and O–H groups in total. The molecule has 0 saturated heterocycles. The van der Waals surface area contributed by atoms with Crippen LogP contribution in [0.25, 0.3) is 0 Å². The van der Waals surface area contributed by atoms with E-state index >= 15 is 0 Å². The first-order valence-electron chi connectivity index (χ1n) is 6.93. The fraction of sp³-hybridized carbons (Fsp3) is 0.467. The van der Waals surface area contributed by atoms with Crippen LogP contribution in [0.2, 0.25) is 0 Å². The van der Waals surface area contributed by atoms with Crippen molar-refractivity contribution in [1.29, 1.82) is 0 Å². The van der Waals surface area contributed by atoms with E-state index in [1.807, 2.05) is 0 Å². The van der Waals surface area contributed by atoms with Crippen LogP contribution in [0.4, 0.5) is 0 Å². The summed E-state index contributed by atoms with van der Waals surface area (Å²) >= 11 is 0. The van der Waals surface area contributed by atoms with E-state index in [4.69, 9.17) is 4.74 Å². The maximum atomic E-state index is 12.2. The molecule has 2 rings (SSSR count). The quantitative estimate of drug-likeness (QED) is 0.821. The number of hydrogen-bond acceptors (Lipinski definition) is 3. The van der Waals surface area contributed by atoms with Gasteiger partial charge in [-0.2, -0.15) is 0 Å². The average Bonchev–Trinajstić information content (AvgIpc) is 2.48. The van der Waals surface area contributed by atoms with Gasteiger partial charge in [0.2, 0.25) is 10.0 Å². The molecule has 0 aromatic heterocycles. The van der Waals surface area contributed by atoms with Crippen molar-refractivity contribution in [1.82, 2.24) is 4.72 Å². The van der Waals surface area contributed by atoms with E-state index in [-0.39, 0.29) is 4.90 Å². The van der Waals surface area contributed by atoms with Crippen LogP contribution in [0.5, 0.6) is 5.75 Å². The summed E-state index contributed by atoms with van der Waals surface area (Å²) in [5.41, 5.74) is 1.37. The molecular weight excluding hydrogens is 274 g/mol. The molecular formula is C15H21NO3S. The monoisotopic (exact) mass is 295 g/mol. The molecule has 20 heavy (non-hydrogen) atoms. The molecule has 0 radical (unpaired) electrons. The van der Waals surface area contributed by atoms with Gasteiger partial charge in [-0.05, 0) is 44.2 Å². The van der Waals surface area contributed by atoms with Crippen molar-refractivity contribution in [3.05, 3.63) is 35.9 Å². The second-order valence-corrected chi connectivity index (χ2v) is 6.70. The van der Waals surface area contributed by atoms with Gasteiger partial charge < -0.3 is 4.74 Å². The maximum absolute atomic E-state index is 12.2. The molecule has 0 spiro atoms. The van der Waals surface area contributed by atoms with Crippen molar-refractivity contribution >= 4 is 10.0 Å². The molecule has 110 valence electrons. The number of hydrogen-bond donors (Lipinski definition) is 1. The molecule has 0 saturated carbocycles. The van der Waals surface area contributed by atoms with Gasteiger partial charge in [0.15, 0.2) is 0 Å². The molecule has 0 amide bonds. The van der Waals surface area contributed by atoms with Crippen molar-refractivity contribution in [2.75, 3.05) is 13.7 Å². The highest BCUT2D eigenvalue weighted by atomic mass is 32.2. The molecule has 1 aromatic rings. The number of ether oxygens (including phenoxy) is 1. The van der Waals surface area contributed by atoms with Crippen LogP contribution in [0.3, 0.4) is 0 Å². The van der Waals surface area contributed by atoms with Gasteiger partial charge >= 0.3 is 0 Å². The Hall–Kier alpha value is -1.33. The Bertz CT molecular complexity index is 579. The first-order valence-corrected chi connectivity index (χ1v) is 8.42. The Morgan fingerprint density at radius 3 is 2.85 bits per heavy atom. The number of allylic oxidation sites excluding steroid dienone is 1. The van der Waals surface area contributed by atoms with Gasteiger partial charge in [0.05, 0.1) is 12.0 Å². The minimum atomic E-state index is -3.45. The minimum Gasteiger partial charge on any atom is -0.497 e. The smallest absolute Gasteiger partial charge is 0.240 e. The number of sulfonamides is 1. The molecule has 0 atom stereocenters. The zero-order valence-electron chi connectivity index (χ0n) is 11.8. The zero-order chi connectivity index (χ0) is 14.4. The molecule has 1 aliphatic rings. The summed E-state index contributed by atoms with van der Waals surface area (Å²) in [6.07, 6.45) is 7.72. The van der Waals surface area contributed by atoms with Crippen molar-refractivity contribution < 1.29 is 13.2 Å². The van der Waals surface area contributed by atoms with Crippen molar-refractivity contribution in [3.8, 4) is 5.75 Å². The molecule has 0 fully saturated rings. The van der Waals surface area contributed by atoms with Gasteiger partial charge in [0.1, 0.15) is 5.75 Å². The summed E-state index contributed by atoms with van der Waals surface area (Å²) in [6, 6.07) is 6.51. The Morgan fingerprint density at radius 2 is 2.15 bits per heavy atom. The summed E-state index contributed by atoms with van der Waals surface area (Å²) in [6.45, 7) is 0.450. The van der Waals surface area contributed by atoms with E-state index in [0.29, 0.717) is 12.3 Å². The molecule has 5 heteroatoms. The first-order chi connectivity index (χ1) is 9.62. The standard InChI is InChI=1S/C15H21NO3S/c1-19-14-8-5-9-15(12-14)20(17,18)16-11-10-13-6-3-2-4-7-13/h5-6,8-9,12,16H,2-4,7,10-11H2,1H3. The lowest BCUT2D eigenvalue weighted by Gasteiger charge is -2.13. The third-order valence-electron chi connectivity index (χ3n) is 3.47. The molecule has 1 aromatic carbocycles. The van der Waals surface area contributed by atoms with Gasteiger partial charge in [0.25, 0.3) is 0 Å². The molecule has 0 bridgehead atoms. The average molecular weight is 295 g/mol. The van der Waals surface area contributed by atoms with E-state index in [1.165, 1.54) is 31.6 Å². The third-order valence-corrected chi connectivity index (χ3v) is 4.93. The predicted molar refractivity (Wildman–Crippen MR) is 79.4 cm³/mol. The minimum absolute atomic E-state index is 0.245. The van der Waals surface area contributed by atoms with Gasteiger partial charge in [-0.1, -0.05) is 17.7 Å². The molecule has 0 aliphatic heterocycles. The second-order valence-electron chi connectivity index (χ2n) is 4.93. The molecule has 0 unspecified atom stereocenters. The van der Waals surface area contributed by atoms with Crippen LogP contribution < -0.4 is 9.46 Å². The lowest BCUT2D eigenvalue weighted by atomic mass is 9.97. The van der Waals surface area contributed by atoms with E-state index in [0.717, 1.165) is 19.3 Å². The number of methoxy groups -OCH3 is 1. The maximum Gasteiger partial charge on any atom is 0.240 e. The highest BCUT2D eigenvalue weighted by Crippen LogP contribution is 2.20. The highest BCUT2D eigenvalue weighted by molar-refractivity contribution is 7.89. The number of nitrogens with one attached hydrogen (secondary N) is 1. The Balaban J connectivity index is 1.94. The van der Waals surface area contributed by atoms with E-state index < -0.39 is 10.0 Å². The van der Waals surface area contributed by atoms with Gasteiger partial charge in [-0.25, -0.2) is 13.1 Å². The van der Waals surface area contributed by atoms with Crippen molar-refractivity contribution in [2.45, 2.75) is 37.0 Å². The van der Waals surface area contributed by atoms with E-state index in [2.05, 4.69) is 10.8 Å². The summed E-state index contributed by atoms with van der Waals surface area (Å²) in [5, 5.41) is 0. The predicted octanol–water partition coefficient (Wildman–Crippen LogP) is 2.86. The Kier molecular flexibility index (Phi) is 5.20. The molecule has 1 aliphatic carbocycles. The van der Waals surface area contributed by atoms with Crippen LogP contribution in [0.15, 0.2) is 40.8 Å². The topological polar surface area (TPSA) is 55.4 Å². The van der Waals surface area contributed by atoms with Crippen LogP contribution >= 0.6 is 0 Å². The van der Waals surface area contributed by atoms with E-state index in [9.17, 15) is 8.42 Å². The fourth-order valence-electron chi connectivity index (χ4n) is 2.33. The summed E-state index contributed by atoms with van der Waals surface area (Å²) in [5.74, 6) is 0.544. The SMILES string of the molecule is COc1cccc(S(=O)(=O)NCCC2=CCCCC2)c1. The number of rotatable bonds is 6. The van der Waals surface area contributed by atoms with Gasteiger partial charge in [-0.15, -0.1) is 0 Å². The summed E-state index contributed by atoms with van der Waals surface area (Å²) in [4.78, 5) is 0.245. The van der Waals surface area contributed by atoms with Crippen LogP contribution in [0, 0.1) is 0 Å². The largest absolute Gasteiger partial charge is 0.497 e. The first kappa shape index (κ1) is 15.1. The lowest BCUT2D eigenvalue weighted by molar-refractivity contribution is 0.413. The Labute approximate surface area is 120 Å². The van der Waals surface area contributed by atoms with Crippen LogP contribution in [-0.4, -0.2) is 22.1 Å². The van der Waals surface area contributed by atoms with Crippen molar-refractivity contribution in [2.24, 2.45) is 0 Å². The van der Waals surface area contributed by atoms with Gasteiger partial charge in [-0.3, -0.25) is 0 Å². The van der Waals surface area contributed by atoms with Gasteiger partial charge in [0, 0.05) is 12.6 Å². The zero-order valence-corrected chi connectivity index (χ0v) is 12.6. The molecule has 0 heterocycles. The van der Waals surface area contributed by atoms with Crippen LogP contribution in [0.1, 0.15) is 32.1 Å². The second kappa shape index (κ2) is 6.90. The highest BCUT2D eigenvalue weighted by Gasteiger charge is 2.14.